The number of nitrogens with two attached hydrogens (primary N) is 2. The summed E-state index contributed by atoms with van der Waals surface area (Å²) in [6.07, 6.45) is 0.00248. The fourth-order valence-electron chi connectivity index (χ4n) is 2.54. The Bertz CT molecular complexity index is 585. The van der Waals surface area contributed by atoms with Gasteiger partial charge in [0, 0.05) is 0 Å². The quantitative estimate of drug-likeness (QED) is 0.131. The van der Waals surface area contributed by atoms with Crippen LogP contribution >= 0.6 is 0 Å². The molecule has 0 fully saturated rings. The molecule has 0 saturated heterocycles. The van der Waals surface area contributed by atoms with Crippen LogP contribution in [0.25, 0.3) is 0 Å². The molecule has 0 radical (unpaired) electrons. The first-order chi connectivity index (χ1) is 14.0. The minimum absolute atomic E-state index is 0.227. The Morgan fingerprint density at radius 1 is 0.900 bits per heavy atom. The van der Waals surface area contributed by atoms with Crippen molar-refractivity contribution < 1.29 is 34.5 Å². The Balaban J connectivity index is 5.35. The molecule has 0 aromatic carbocycles. The number of carboxylic acid groups (broad SMARTS) is 1. The van der Waals surface area contributed by atoms with Gasteiger partial charge in [-0.3, -0.25) is 14.4 Å². The lowest BCUT2D eigenvalue weighted by molar-refractivity contribution is -0.145. The second-order valence-electron chi connectivity index (χ2n) is 7.43. The molecule has 0 spiro atoms. The van der Waals surface area contributed by atoms with Crippen LogP contribution in [-0.2, 0) is 19.2 Å². The average molecular weight is 434 g/mol. The molecule has 0 aliphatic carbocycles. The van der Waals surface area contributed by atoms with Gasteiger partial charge in [0.05, 0.1) is 12.7 Å². The van der Waals surface area contributed by atoms with Crippen molar-refractivity contribution in [1.82, 2.24) is 16.0 Å². The topological polar surface area (TPSA) is 217 Å². The van der Waals surface area contributed by atoms with E-state index in [0.717, 1.165) is 0 Å². The summed E-state index contributed by atoms with van der Waals surface area (Å²) in [7, 11) is 0. The van der Waals surface area contributed by atoms with E-state index in [9.17, 15) is 24.3 Å². The molecule has 0 rings (SSSR count). The highest BCUT2D eigenvalue weighted by molar-refractivity contribution is 5.94. The summed E-state index contributed by atoms with van der Waals surface area (Å²) >= 11 is 0. The molecule has 0 saturated carbocycles. The van der Waals surface area contributed by atoms with Crippen LogP contribution < -0.4 is 27.4 Å². The van der Waals surface area contributed by atoms with Crippen LogP contribution in [0, 0.1) is 5.92 Å². The summed E-state index contributed by atoms with van der Waals surface area (Å²) in [6, 6.07) is -4.89. The van der Waals surface area contributed by atoms with Gasteiger partial charge >= 0.3 is 5.97 Å². The Hall–Kier alpha value is -2.28. The third kappa shape index (κ3) is 9.48. The van der Waals surface area contributed by atoms with E-state index in [1.54, 1.807) is 13.8 Å². The highest BCUT2D eigenvalue weighted by Gasteiger charge is 2.33. The standard InChI is InChI=1S/C18H35N5O7/c1-9(2)13(17(28)23-14(10(3)25)18(29)30)22-16(27)12(6-4-5-7-19)21-15(26)11(20)8-24/h9-14,24-25H,4-8,19-20H2,1-3H3,(H,21,26)(H,22,27)(H,23,28)(H,29,30). The molecule has 12 nitrogen and oxygen atoms in total. The van der Waals surface area contributed by atoms with E-state index < -0.39 is 66.5 Å². The SMILES string of the molecule is CC(C)C(NC(=O)C(CCCCN)NC(=O)C(N)CO)C(=O)NC(C(=O)O)C(C)O. The lowest BCUT2D eigenvalue weighted by atomic mass is 10.0. The highest BCUT2D eigenvalue weighted by atomic mass is 16.4. The third-order valence-corrected chi connectivity index (χ3v) is 4.41. The van der Waals surface area contributed by atoms with Crippen LogP contribution in [0.2, 0.25) is 0 Å². The van der Waals surface area contributed by atoms with Crippen molar-refractivity contribution in [3.8, 4) is 0 Å². The Kier molecular flexibility index (Phi) is 12.8. The van der Waals surface area contributed by atoms with Gasteiger partial charge in [-0.15, -0.1) is 0 Å². The van der Waals surface area contributed by atoms with Crippen molar-refractivity contribution in [2.24, 2.45) is 17.4 Å². The molecule has 3 amide bonds. The molecule has 10 N–H and O–H groups in total. The molecular formula is C18H35N5O7. The van der Waals surface area contributed by atoms with Gasteiger partial charge in [-0.1, -0.05) is 13.8 Å². The second kappa shape index (κ2) is 13.9. The van der Waals surface area contributed by atoms with Crippen LogP contribution in [-0.4, -0.2) is 82.4 Å². The molecule has 0 aliphatic rings. The summed E-state index contributed by atoms with van der Waals surface area (Å²) in [6.45, 7) is 4.30. The van der Waals surface area contributed by atoms with Gasteiger partial charge in [-0.2, -0.15) is 0 Å². The van der Waals surface area contributed by atoms with Crippen molar-refractivity contribution in [2.45, 2.75) is 70.3 Å². The maximum atomic E-state index is 12.8. The first-order valence-electron chi connectivity index (χ1n) is 9.84. The predicted octanol–water partition coefficient (Wildman–Crippen LogP) is -2.99. The number of unbranched alkanes of at least 4 members (excludes halogenated alkanes) is 1. The molecule has 0 aliphatic heterocycles. The van der Waals surface area contributed by atoms with Gasteiger partial charge < -0.3 is 42.7 Å². The van der Waals surface area contributed by atoms with E-state index >= 15 is 0 Å². The van der Waals surface area contributed by atoms with Gasteiger partial charge in [-0.25, -0.2) is 4.79 Å². The minimum atomic E-state index is -1.54. The number of nitrogens with one attached hydrogen (secondary N) is 3. The zero-order valence-electron chi connectivity index (χ0n) is 17.6. The summed E-state index contributed by atoms with van der Waals surface area (Å²) in [5.74, 6) is -4.01. The summed E-state index contributed by atoms with van der Waals surface area (Å²) < 4.78 is 0. The van der Waals surface area contributed by atoms with Crippen molar-refractivity contribution >= 4 is 23.7 Å². The van der Waals surface area contributed by atoms with E-state index in [-0.39, 0.29) is 6.42 Å². The molecule has 0 aromatic rings. The van der Waals surface area contributed by atoms with Crippen molar-refractivity contribution in [2.75, 3.05) is 13.2 Å². The summed E-state index contributed by atoms with van der Waals surface area (Å²) in [5.41, 5.74) is 10.9. The molecular weight excluding hydrogens is 398 g/mol. The Morgan fingerprint density at radius 2 is 1.47 bits per heavy atom. The van der Waals surface area contributed by atoms with Crippen LogP contribution in [0.15, 0.2) is 0 Å². The Labute approximate surface area is 175 Å². The monoisotopic (exact) mass is 433 g/mol. The zero-order valence-corrected chi connectivity index (χ0v) is 17.6. The van der Waals surface area contributed by atoms with Crippen LogP contribution in [0.4, 0.5) is 0 Å². The van der Waals surface area contributed by atoms with E-state index in [2.05, 4.69) is 16.0 Å². The van der Waals surface area contributed by atoms with Crippen LogP contribution in [0.5, 0.6) is 0 Å². The van der Waals surface area contributed by atoms with Gasteiger partial charge in [0.15, 0.2) is 6.04 Å². The molecule has 0 heterocycles. The largest absolute Gasteiger partial charge is 0.480 e. The van der Waals surface area contributed by atoms with Crippen LogP contribution in [0.3, 0.4) is 0 Å². The van der Waals surface area contributed by atoms with Crippen molar-refractivity contribution in [3.63, 3.8) is 0 Å². The van der Waals surface area contributed by atoms with Gasteiger partial charge in [0.25, 0.3) is 0 Å². The van der Waals surface area contributed by atoms with Gasteiger partial charge in [-0.05, 0) is 38.6 Å². The number of rotatable bonds is 14. The molecule has 12 heteroatoms. The molecule has 30 heavy (non-hydrogen) atoms. The maximum absolute atomic E-state index is 12.8. The number of hydrogen-bond donors (Lipinski definition) is 8. The van der Waals surface area contributed by atoms with Gasteiger partial charge in [0.1, 0.15) is 18.1 Å². The number of aliphatic carboxylic acids is 1. The van der Waals surface area contributed by atoms with E-state index in [0.29, 0.717) is 19.4 Å². The number of carbonyl (C=O) groups is 4. The molecule has 5 atom stereocenters. The second-order valence-corrected chi connectivity index (χ2v) is 7.43. The number of aliphatic hydroxyl groups excluding tert-OH is 2. The fraction of sp³-hybridized carbons (Fsp3) is 0.778. The van der Waals surface area contributed by atoms with Crippen LogP contribution in [0.1, 0.15) is 40.0 Å². The normalized spacial score (nSPS) is 16.1. The Morgan fingerprint density at radius 3 is 1.90 bits per heavy atom. The smallest absolute Gasteiger partial charge is 0.328 e. The third-order valence-electron chi connectivity index (χ3n) is 4.41. The van der Waals surface area contributed by atoms with E-state index in [1.165, 1.54) is 6.92 Å². The molecule has 0 bridgehead atoms. The highest BCUT2D eigenvalue weighted by Crippen LogP contribution is 2.07. The van der Waals surface area contributed by atoms with Crippen molar-refractivity contribution in [1.29, 1.82) is 0 Å². The lowest BCUT2D eigenvalue weighted by Gasteiger charge is -2.27. The summed E-state index contributed by atoms with van der Waals surface area (Å²) in [5, 5.41) is 34.8. The summed E-state index contributed by atoms with van der Waals surface area (Å²) in [4.78, 5) is 48.5. The number of amides is 3. The van der Waals surface area contributed by atoms with Crippen molar-refractivity contribution in [3.05, 3.63) is 0 Å². The predicted molar refractivity (Wildman–Crippen MR) is 108 cm³/mol. The van der Waals surface area contributed by atoms with Gasteiger partial charge in [0.2, 0.25) is 17.7 Å². The maximum Gasteiger partial charge on any atom is 0.328 e. The number of carboxylic acids is 1. The molecule has 174 valence electrons. The number of aliphatic hydroxyl groups is 2. The fourth-order valence-corrected chi connectivity index (χ4v) is 2.54. The average Bonchev–Trinajstić information content (AvgIpc) is 2.67. The first kappa shape index (κ1) is 27.7. The van der Waals surface area contributed by atoms with E-state index in [1.807, 2.05) is 0 Å². The molecule has 0 aromatic heterocycles. The molecule has 5 unspecified atom stereocenters. The first-order valence-corrected chi connectivity index (χ1v) is 9.84. The lowest BCUT2D eigenvalue weighted by Crippen LogP contribution is -2.59. The number of carbonyl (C=O) groups excluding carboxylic acids is 3. The minimum Gasteiger partial charge on any atom is -0.480 e. The number of hydrogen-bond acceptors (Lipinski definition) is 8. The zero-order chi connectivity index (χ0) is 23.4. The van der Waals surface area contributed by atoms with E-state index in [4.69, 9.17) is 21.7 Å².